The minimum atomic E-state index is -0.580. The zero-order valence-corrected chi connectivity index (χ0v) is 23.4. The highest BCUT2D eigenvalue weighted by Gasteiger charge is 2.29. The predicted molar refractivity (Wildman–Crippen MR) is 159 cm³/mol. The first kappa shape index (κ1) is 28.0. The van der Waals surface area contributed by atoms with Crippen LogP contribution in [0.4, 0.5) is 10.2 Å². The van der Waals surface area contributed by atoms with E-state index in [9.17, 15) is 14.0 Å². The molecule has 1 atom stereocenters. The van der Waals surface area contributed by atoms with Gasteiger partial charge in [0.2, 0.25) is 5.91 Å². The SMILES string of the molecule is CC[C@H](C)N(CC(=O)N1CCN(c2ccc(-c3ccc(-c4ccccc4)cc3)nn2)CC1)C(=O)c1ccccc1F. The second-order valence-electron chi connectivity index (χ2n) is 10.3. The molecule has 0 aliphatic carbocycles. The summed E-state index contributed by atoms with van der Waals surface area (Å²) in [6.45, 7) is 5.97. The monoisotopic (exact) mass is 551 g/mol. The summed E-state index contributed by atoms with van der Waals surface area (Å²) in [7, 11) is 0. The topological polar surface area (TPSA) is 69.6 Å². The van der Waals surface area contributed by atoms with Crippen molar-refractivity contribution in [1.82, 2.24) is 20.0 Å². The first-order valence-corrected chi connectivity index (χ1v) is 14.0. The molecular weight excluding hydrogens is 517 g/mol. The van der Waals surface area contributed by atoms with Crippen LogP contribution in [0.15, 0.2) is 91.0 Å². The van der Waals surface area contributed by atoms with Gasteiger partial charge in [0.1, 0.15) is 12.4 Å². The van der Waals surface area contributed by atoms with E-state index in [0.29, 0.717) is 32.6 Å². The maximum Gasteiger partial charge on any atom is 0.257 e. The van der Waals surface area contributed by atoms with E-state index in [1.54, 1.807) is 17.0 Å². The molecule has 1 aromatic heterocycles. The summed E-state index contributed by atoms with van der Waals surface area (Å²) in [5.74, 6) is -0.426. The molecule has 1 fully saturated rings. The van der Waals surface area contributed by atoms with Crippen molar-refractivity contribution in [2.24, 2.45) is 0 Å². The van der Waals surface area contributed by atoms with E-state index in [-0.39, 0.29) is 24.1 Å². The lowest BCUT2D eigenvalue weighted by molar-refractivity contribution is -0.132. The highest BCUT2D eigenvalue weighted by Crippen LogP contribution is 2.24. The number of rotatable bonds is 8. The molecule has 0 spiro atoms. The van der Waals surface area contributed by atoms with Gasteiger partial charge in [-0.15, -0.1) is 10.2 Å². The third-order valence-corrected chi connectivity index (χ3v) is 7.69. The zero-order chi connectivity index (χ0) is 28.8. The van der Waals surface area contributed by atoms with Crippen LogP contribution in [0, 0.1) is 5.82 Å². The number of carbonyl (C=O) groups is 2. The Bertz CT molecular complexity index is 1470. The van der Waals surface area contributed by atoms with Crippen molar-refractivity contribution in [3.8, 4) is 22.4 Å². The second-order valence-corrected chi connectivity index (χ2v) is 10.3. The number of hydrogen-bond donors (Lipinski definition) is 0. The maximum absolute atomic E-state index is 14.3. The molecule has 2 amide bonds. The normalized spacial score (nSPS) is 14.0. The molecule has 0 N–H and O–H groups in total. The van der Waals surface area contributed by atoms with Crippen LogP contribution in [0.2, 0.25) is 0 Å². The lowest BCUT2D eigenvalue weighted by atomic mass is 10.0. The van der Waals surface area contributed by atoms with Crippen molar-refractivity contribution in [2.75, 3.05) is 37.6 Å². The number of halogens is 1. The van der Waals surface area contributed by atoms with Gasteiger partial charge in [-0.2, -0.15) is 0 Å². The summed E-state index contributed by atoms with van der Waals surface area (Å²) >= 11 is 0. The standard InChI is InChI=1S/C33H34FN5O2/c1-3-24(2)39(33(41)28-11-7-8-12-29(28)34)23-32(40)38-21-19-37(20-22-38)31-18-17-30(35-36-31)27-15-13-26(14-16-27)25-9-5-4-6-10-25/h4-18,24H,3,19-23H2,1-2H3/t24-/m0/s1. The minimum Gasteiger partial charge on any atom is -0.352 e. The molecule has 8 heteroatoms. The Hall–Kier alpha value is -4.59. The first-order chi connectivity index (χ1) is 19.9. The molecule has 1 saturated heterocycles. The molecule has 4 aromatic rings. The highest BCUT2D eigenvalue weighted by atomic mass is 19.1. The lowest BCUT2D eigenvalue weighted by Gasteiger charge is -2.37. The van der Waals surface area contributed by atoms with Gasteiger partial charge in [0, 0.05) is 37.8 Å². The van der Waals surface area contributed by atoms with Crippen molar-refractivity contribution in [3.05, 3.63) is 102 Å². The van der Waals surface area contributed by atoms with Crippen molar-refractivity contribution < 1.29 is 14.0 Å². The summed E-state index contributed by atoms with van der Waals surface area (Å²) in [4.78, 5) is 31.7. The Morgan fingerprint density at radius 3 is 2.07 bits per heavy atom. The number of amides is 2. The van der Waals surface area contributed by atoms with Crippen molar-refractivity contribution in [2.45, 2.75) is 26.3 Å². The van der Waals surface area contributed by atoms with Crippen LogP contribution in [0.1, 0.15) is 30.6 Å². The quantitative estimate of drug-likeness (QED) is 0.288. The molecular formula is C33H34FN5O2. The summed E-state index contributed by atoms with van der Waals surface area (Å²) < 4.78 is 14.3. The third-order valence-electron chi connectivity index (χ3n) is 7.69. The molecule has 1 aliphatic heterocycles. The van der Waals surface area contributed by atoms with Gasteiger partial charge in [0.05, 0.1) is 11.3 Å². The number of nitrogens with zero attached hydrogens (tertiary/aromatic N) is 5. The molecule has 210 valence electrons. The number of carbonyl (C=O) groups excluding carboxylic acids is 2. The van der Waals surface area contributed by atoms with E-state index in [1.165, 1.54) is 22.6 Å². The van der Waals surface area contributed by atoms with Crippen molar-refractivity contribution in [3.63, 3.8) is 0 Å². The molecule has 3 aromatic carbocycles. The summed E-state index contributed by atoms with van der Waals surface area (Å²) in [5.41, 5.74) is 4.10. The Labute approximate surface area is 240 Å². The fourth-order valence-corrected chi connectivity index (χ4v) is 4.98. The van der Waals surface area contributed by atoms with E-state index >= 15 is 0 Å². The molecule has 7 nitrogen and oxygen atoms in total. The largest absolute Gasteiger partial charge is 0.352 e. The molecule has 0 saturated carbocycles. The number of piperazine rings is 1. The Balaban J connectivity index is 1.18. The van der Waals surface area contributed by atoms with Crippen LogP contribution in [-0.4, -0.2) is 70.6 Å². The summed E-state index contributed by atoms with van der Waals surface area (Å²) in [5, 5.41) is 8.92. The second kappa shape index (κ2) is 12.7. The van der Waals surface area contributed by atoms with Gasteiger partial charge >= 0.3 is 0 Å². The molecule has 0 radical (unpaired) electrons. The fraction of sp³-hybridized carbons (Fsp3) is 0.273. The lowest BCUT2D eigenvalue weighted by Crippen LogP contribution is -2.53. The van der Waals surface area contributed by atoms with Crippen LogP contribution in [0.5, 0.6) is 0 Å². The number of aromatic nitrogens is 2. The minimum absolute atomic E-state index is 0.0143. The van der Waals surface area contributed by atoms with Crippen LogP contribution in [0.25, 0.3) is 22.4 Å². The maximum atomic E-state index is 14.3. The molecule has 0 unspecified atom stereocenters. The highest BCUT2D eigenvalue weighted by molar-refractivity contribution is 5.97. The van der Waals surface area contributed by atoms with Crippen molar-refractivity contribution in [1.29, 1.82) is 0 Å². The van der Waals surface area contributed by atoms with Gasteiger partial charge in [-0.25, -0.2) is 4.39 Å². The van der Waals surface area contributed by atoms with Gasteiger partial charge in [0.15, 0.2) is 5.82 Å². The van der Waals surface area contributed by atoms with E-state index in [1.807, 2.05) is 44.2 Å². The summed E-state index contributed by atoms with van der Waals surface area (Å²) in [6.07, 6.45) is 0.660. The average Bonchev–Trinajstić information content (AvgIpc) is 3.04. The van der Waals surface area contributed by atoms with Gasteiger partial charge < -0.3 is 14.7 Å². The van der Waals surface area contributed by atoms with Gasteiger partial charge in [0.25, 0.3) is 5.91 Å². The molecule has 2 heterocycles. The Morgan fingerprint density at radius 1 is 0.805 bits per heavy atom. The van der Waals surface area contributed by atoms with Gasteiger partial charge in [-0.1, -0.05) is 73.7 Å². The third kappa shape index (κ3) is 6.43. The summed E-state index contributed by atoms with van der Waals surface area (Å²) in [6, 6.07) is 28.1. The predicted octanol–water partition coefficient (Wildman–Crippen LogP) is 5.54. The van der Waals surface area contributed by atoms with Crippen LogP contribution < -0.4 is 4.90 Å². The fourth-order valence-electron chi connectivity index (χ4n) is 4.98. The number of anilines is 1. The molecule has 5 rings (SSSR count). The van der Waals surface area contributed by atoms with E-state index in [2.05, 4.69) is 51.5 Å². The zero-order valence-electron chi connectivity index (χ0n) is 23.4. The number of benzene rings is 3. The van der Waals surface area contributed by atoms with Gasteiger partial charge in [-0.05, 0) is 48.7 Å². The first-order valence-electron chi connectivity index (χ1n) is 14.0. The average molecular weight is 552 g/mol. The van der Waals surface area contributed by atoms with Gasteiger partial charge in [-0.3, -0.25) is 9.59 Å². The Kier molecular flexibility index (Phi) is 8.67. The van der Waals surface area contributed by atoms with E-state index < -0.39 is 11.7 Å². The molecule has 0 bridgehead atoms. The number of hydrogen-bond acceptors (Lipinski definition) is 5. The van der Waals surface area contributed by atoms with Crippen LogP contribution in [0.3, 0.4) is 0 Å². The van der Waals surface area contributed by atoms with Crippen molar-refractivity contribution >= 4 is 17.6 Å². The van der Waals surface area contributed by atoms with Crippen LogP contribution >= 0.6 is 0 Å². The smallest absolute Gasteiger partial charge is 0.257 e. The van der Waals surface area contributed by atoms with E-state index in [4.69, 9.17) is 0 Å². The molecule has 41 heavy (non-hydrogen) atoms. The van der Waals surface area contributed by atoms with E-state index in [0.717, 1.165) is 22.6 Å². The Morgan fingerprint density at radius 2 is 1.44 bits per heavy atom. The van der Waals surface area contributed by atoms with Crippen LogP contribution in [-0.2, 0) is 4.79 Å². The molecule has 1 aliphatic rings.